The Balaban J connectivity index is 3.48. The van der Waals surface area contributed by atoms with Crippen LogP contribution >= 0.6 is 0 Å². The molecular weight excluding hydrogens is 290 g/mol. The molecular formula is C15H25NO4S. The molecule has 1 aromatic carbocycles. The van der Waals surface area contributed by atoms with Crippen LogP contribution in [-0.2, 0) is 9.84 Å². The van der Waals surface area contributed by atoms with E-state index in [4.69, 9.17) is 9.47 Å². The topological polar surface area (TPSA) is 64.6 Å². The van der Waals surface area contributed by atoms with Crippen molar-refractivity contribution in [3.8, 4) is 11.5 Å². The molecule has 0 radical (unpaired) electrons. The molecule has 0 fully saturated rings. The van der Waals surface area contributed by atoms with Crippen LogP contribution in [0.1, 0.15) is 32.4 Å². The molecule has 6 heteroatoms. The SMILES string of the molecule is CCNC(c1cc(OC)ccc1OC)C(C)(C)S(C)(=O)=O. The van der Waals surface area contributed by atoms with E-state index in [1.54, 1.807) is 40.2 Å². The van der Waals surface area contributed by atoms with E-state index in [1.807, 2.05) is 13.0 Å². The van der Waals surface area contributed by atoms with E-state index in [1.165, 1.54) is 6.26 Å². The van der Waals surface area contributed by atoms with Crippen LogP contribution in [-0.4, -0.2) is 40.2 Å². The smallest absolute Gasteiger partial charge is 0.154 e. The first kappa shape index (κ1) is 17.8. The van der Waals surface area contributed by atoms with Crippen LogP contribution in [0.4, 0.5) is 0 Å². The van der Waals surface area contributed by atoms with Gasteiger partial charge in [-0.15, -0.1) is 0 Å². The van der Waals surface area contributed by atoms with Crippen molar-refractivity contribution in [2.24, 2.45) is 0 Å². The zero-order valence-corrected chi connectivity index (χ0v) is 14.4. The van der Waals surface area contributed by atoms with Crippen LogP contribution in [0.2, 0.25) is 0 Å². The van der Waals surface area contributed by atoms with Crippen molar-refractivity contribution >= 4 is 9.84 Å². The molecule has 1 rings (SSSR count). The Kier molecular flexibility index (Phi) is 5.64. The van der Waals surface area contributed by atoms with Gasteiger partial charge in [-0.2, -0.15) is 0 Å². The minimum atomic E-state index is -3.28. The highest BCUT2D eigenvalue weighted by Gasteiger charge is 2.40. The average Bonchev–Trinajstić information content (AvgIpc) is 2.42. The van der Waals surface area contributed by atoms with Gasteiger partial charge in [0, 0.05) is 11.8 Å². The summed E-state index contributed by atoms with van der Waals surface area (Å²) in [6.45, 7) is 6.02. The highest BCUT2D eigenvalue weighted by Crippen LogP contribution is 2.38. The van der Waals surface area contributed by atoms with E-state index in [0.29, 0.717) is 18.0 Å². The number of ether oxygens (including phenoxy) is 2. The number of methoxy groups -OCH3 is 2. The van der Waals surface area contributed by atoms with Crippen molar-refractivity contribution in [1.82, 2.24) is 5.32 Å². The molecule has 0 spiro atoms. The lowest BCUT2D eigenvalue weighted by molar-refractivity contribution is 0.372. The highest BCUT2D eigenvalue weighted by molar-refractivity contribution is 7.92. The summed E-state index contributed by atoms with van der Waals surface area (Å²) in [5.41, 5.74) is 0.772. The van der Waals surface area contributed by atoms with Gasteiger partial charge in [-0.1, -0.05) is 6.92 Å². The van der Waals surface area contributed by atoms with Crippen LogP contribution in [0.25, 0.3) is 0 Å². The minimum absolute atomic E-state index is 0.400. The van der Waals surface area contributed by atoms with E-state index < -0.39 is 20.6 Å². The van der Waals surface area contributed by atoms with Crippen molar-refractivity contribution in [2.45, 2.75) is 31.6 Å². The van der Waals surface area contributed by atoms with E-state index in [9.17, 15) is 8.42 Å². The van der Waals surface area contributed by atoms with Crippen LogP contribution in [0, 0.1) is 0 Å². The molecule has 120 valence electrons. The van der Waals surface area contributed by atoms with Gasteiger partial charge in [0.05, 0.1) is 25.0 Å². The van der Waals surface area contributed by atoms with E-state index >= 15 is 0 Å². The zero-order chi connectivity index (χ0) is 16.3. The molecule has 1 atom stereocenters. The van der Waals surface area contributed by atoms with Crippen molar-refractivity contribution in [1.29, 1.82) is 0 Å². The molecule has 0 aromatic heterocycles. The molecule has 21 heavy (non-hydrogen) atoms. The molecule has 0 amide bonds. The van der Waals surface area contributed by atoms with Gasteiger partial charge in [0.25, 0.3) is 0 Å². The first-order valence-corrected chi connectivity index (χ1v) is 8.73. The molecule has 0 saturated carbocycles. The monoisotopic (exact) mass is 315 g/mol. The van der Waals surface area contributed by atoms with Gasteiger partial charge in [-0.3, -0.25) is 0 Å². The number of sulfone groups is 1. The Hall–Kier alpha value is -1.27. The molecule has 0 aliphatic carbocycles. The lowest BCUT2D eigenvalue weighted by atomic mass is 9.94. The maximum absolute atomic E-state index is 12.2. The number of hydrogen-bond acceptors (Lipinski definition) is 5. The van der Waals surface area contributed by atoms with Crippen molar-refractivity contribution < 1.29 is 17.9 Å². The van der Waals surface area contributed by atoms with Crippen LogP contribution in [0.5, 0.6) is 11.5 Å². The third kappa shape index (κ3) is 3.68. The molecule has 1 unspecified atom stereocenters. The van der Waals surface area contributed by atoms with Crippen LogP contribution < -0.4 is 14.8 Å². The van der Waals surface area contributed by atoms with Gasteiger partial charge in [-0.25, -0.2) is 8.42 Å². The molecule has 5 nitrogen and oxygen atoms in total. The van der Waals surface area contributed by atoms with Gasteiger partial charge in [-0.05, 0) is 38.6 Å². The predicted molar refractivity (Wildman–Crippen MR) is 84.9 cm³/mol. The second-order valence-corrected chi connectivity index (χ2v) is 8.07. The second kappa shape index (κ2) is 6.66. The lowest BCUT2D eigenvalue weighted by Gasteiger charge is -2.34. The zero-order valence-electron chi connectivity index (χ0n) is 13.6. The fraction of sp³-hybridized carbons (Fsp3) is 0.600. The third-order valence-electron chi connectivity index (χ3n) is 3.81. The summed E-state index contributed by atoms with van der Waals surface area (Å²) < 4.78 is 34.0. The molecule has 0 bridgehead atoms. The summed E-state index contributed by atoms with van der Waals surface area (Å²) in [4.78, 5) is 0. The molecule has 0 heterocycles. The highest BCUT2D eigenvalue weighted by atomic mass is 32.2. The normalized spacial score (nSPS) is 13.8. The van der Waals surface area contributed by atoms with Gasteiger partial charge < -0.3 is 14.8 Å². The Bertz CT molecular complexity index is 581. The number of nitrogens with one attached hydrogen (secondary N) is 1. The summed E-state index contributed by atoms with van der Waals surface area (Å²) in [6, 6.07) is 5.00. The first-order chi connectivity index (χ1) is 9.68. The molecule has 0 aliphatic rings. The van der Waals surface area contributed by atoms with Gasteiger partial charge in [0.2, 0.25) is 0 Å². The molecule has 1 aromatic rings. The molecule has 0 aliphatic heterocycles. The maximum Gasteiger partial charge on any atom is 0.154 e. The van der Waals surface area contributed by atoms with Crippen molar-refractivity contribution in [3.63, 3.8) is 0 Å². The van der Waals surface area contributed by atoms with Crippen molar-refractivity contribution in [3.05, 3.63) is 23.8 Å². The quantitative estimate of drug-likeness (QED) is 0.835. The third-order valence-corrected chi connectivity index (χ3v) is 5.95. The minimum Gasteiger partial charge on any atom is -0.497 e. The summed E-state index contributed by atoms with van der Waals surface area (Å²) in [7, 11) is -0.125. The Morgan fingerprint density at radius 3 is 2.29 bits per heavy atom. The predicted octanol–water partition coefficient (Wildman–Crippen LogP) is 2.18. The fourth-order valence-corrected chi connectivity index (χ4v) is 2.85. The van der Waals surface area contributed by atoms with E-state index in [-0.39, 0.29) is 0 Å². The summed E-state index contributed by atoms with van der Waals surface area (Å²) in [5.74, 6) is 1.30. The molecule has 0 saturated heterocycles. The summed E-state index contributed by atoms with van der Waals surface area (Å²) >= 11 is 0. The number of rotatable bonds is 7. The largest absolute Gasteiger partial charge is 0.497 e. The van der Waals surface area contributed by atoms with E-state index in [0.717, 1.165) is 5.56 Å². The summed E-state index contributed by atoms with van der Waals surface area (Å²) in [5, 5.41) is 3.26. The number of benzene rings is 1. The first-order valence-electron chi connectivity index (χ1n) is 6.84. The Morgan fingerprint density at radius 2 is 1.86 bits per heavy atom. The fourth-order valence-electron chi connectivity index (χ4n) is 2.21. The lowest BCUT2D eigenvalue weighted by Crippen LogP contribution is -2.45. The van der Waals surface area contributed by atoms with Crippen LogP contribution in [0.3, 0.4) is 0 Å². The number of hydrogen-bond donors (Lipinski definition) is 1. The Labute approximate surface area is 127 Å². The van der Waals surface area contributed by atoms with E-state index in [2.05, 4.69) is 5.32 Å². The van der Waals surface area contributed by atoms with Gasteiger partial charge in [0.15, 0.2) is 9.84 Å². The second-order valence-electron chi connectivity index (χ2n) is 5.47. The summed E-state index contributed by atoms with van der Waals surface area (Å²) in [6.07, 6.45) is 1.25. The Morgan fingerprint density at radius 1 is 1.24 bits per heavy atom. The average molecular weight is 315 g/mol. The van der Waals surface area contributed by atoms with Crippen LogP contribution in [0.15, 0.2) is 18.2 Å². The van der Waals surface area contributed by atoms with Gasteiger partial charge in [0.1, 0.15) is 11.5 Å². The van der Waals surface area contributed by atoms with Gasteiger partial charge >= 0.3 is 0 Å². The van der Waals surface area contributed by atoms with Crippen molar-refractivity contribution in [2.75, 3.05) is 27.0 Å². The maximum atomic E-state index is 12.2. The molecule has 1 N–H and O–H groups in total. The standard InChI is InChI=1S/C15H25NO4S/c1-7-16-14(15(2,3)21(6,17)18)12-10-11(19-4)8-9-13(12)20-5/h8-10,14,16H,7H2,1-6H3.